The highest BCUT2D eigenvalue weighted by molar-refractivity contribution is 7.89. The van der Waals surface area contributed by atoms with E-state index in [2.05, 4.69) is 17.9 Å². The number of nitrogens with zero attached hydrogens (tertiary/aromatic N) is 1. The molecule has 4 rings (SSSR count). The van der Waals surface area contributed by atoms with Gasteiger partial charge in [-0.2, -0.15) is 16.9 Å². The molecule has 1 amide bonds. The van der Waals surface area contributed by atoms with E-state index in [0.29, 0.717) is 17.7 Å². The van der Waals surface area contributed by atoms with Crippen molar-refractivity contribution >= 4 is 51.0 Å². The molecule has 0 spiro atoms. The van der Waals surface area contributed by atoms with Gasteiger partial charge in [0, 0.05) is 17.5 Å². The zero-order valence-electron chi connectivity index (χ0n) is 18.0. The van der Waals surface area contributed by atoms with E-state index < -0.39 is 27.9 Å². The van der Waals surface area contributed by atoms with Gasteiger partial charge in [-0.25, -0.2) is 13.2 Å². The number of carbonyl (C=O) groups excluding carboxylic acids is 2. The molecule has 1 aliphatic rings. The molecule has 2 atom stereocenters. The van der Waals surface area contributed by atoms with Gasteiger partial charge in [0.2, 0.25) is 15.9 Å². The normalized spacial score (nSPS) is 18.8. The molecule has 9 heteroatoms. The monoisotopic (exact) mass is 484 g/mol. The Morgan fingerprint density at radius 3 is 2.45 bits per heavy atom. The number of rotatable bonds is 6. The van der Waals surface area contributed by atoms with Gasteiger partial charge >= 0.3 is 5.97 Å². The summed E-state index contributed by atoms with van der Waals surface area (Å²) in [4.78, 5) is 25.0. The van der Waals surface area contributed by atoms with Crippen LogP contribution in [0.4, 0.5) is 5.69 Å². The van der Waals surface area contributed by atoms with Crippen LogP contribution >= 0.6 is 12.6 Å². The summed E-state index contributed by atoms with van der Waals surface area (Å²) in [6.07, 6.45) is 0.294. The van der Waals surface area contributed by atoms with E-state index in [1.165, 1.54) is 4.31 Å². The second-order valence-electron chi connectivity index (χ2n) is 7.78. The lowest BCUT2D eigenvalue weighted by atomic mass is 10.1. The molecule has 1 fully saturated rings. The third kappa shape index (κ3) is 4.90. The number of amides is 1. The van der Waals surface area contributed by atoms with Crippen molar-refractivity contribution in [1.29, 1.82) is 0 Å². The van der Waals surface area contributed by atoms with Gasteiger partial charge in [0.1, 0.15) is 6.04 Å². The Labute approximate surface area is 198 Å². The summed E-state index contributed by atoms with van der Waals surface area (Å²) in [6, 6.07) is 17.8. The van der Waals surface area contributed by atoms with Crippen LogP contribution < -0.4 is 5.32 Å². The number of thiol groups is 1. The molecule has 172 valence electrons. The highest BCUT2D eigenvalue weighted by Crippen LogP contribution is 2.31. The first-order valence-corrected chi connectivity index (χ1v) is 12.5. The van der Waals surface area contributed by atoms with Crippen LogP contribution in [0.2, 0.25) is 0 Å². The Balaban J connectivity index is 1.55. The number of hydrogen-bond donors (Lipinski definition) is 2. The van der Waals surface area contributed by atoms with Crippen molar-refractivity contribution in [2.75, 3.05) is 18.5 Å². The van der Waals surface area contributed by atoms with Crippen LogP contribution in [-0.2, 0) is 19.6 Å². The molecule has 1 aliphatic heterocycles. The van der Waals surface area contributed by atoms with E-state index in [4.69, 9.17) is 4.74 Å². The van der Waals surface area contributed by atoms with E-state index in [0.717, 1.165) is 10.8 Å². The Bertz CT molecular complexity index is 1290. The summed E-state index contributed by atoms with van der Waals surface area (Å²) < 4.78 is 33.0. The molecule has 2 unspecified atom stereocenters. The maximum absolute atomic E-state index is 13.4. The highest BCUT2D eigenvalue weighted by Gasteiger charge is 2.43. The van der Waals surface area contributed by atoms with Crippen molar-refractivity contribution in [3.63, 3.8) is 0 Å². The molecule has 3 aromatic carbocycles. The number of benzene rings is 3. The first kappa shape index (κ1) is 23.3. The minimum absolute atomic E-state index is 0.137. The maximum atomic E-state index is 13.4. The molecule has 0 radical (unpaired) electrons. The van der Waals surface area contributed by atoms with Gasteiger partial charge in [-0.1, -0.05) is 30.3 Å². The van der Waals surface area contributed by atoms with Crippen molar-refractivity contribution in [2.45, 2.75) is 29.5 Å². The second-order valence-corrected chi connectivity index (χ2v) is 10.4. The Hall–Kier alpha value is -2.88. The number of esters is 1. The summed E-state index contributed by atoms with van der Waals surface area (Å²) in [7, 11) is -3.91. The molecule has 7 nitrogen and oxygen atoms in total. The number of ether oxygens (including phenoxy) is 1. The lowest BCUT2D eigenvalue weighted by Crippen LogP contribution is -2.43. The number of carbonyl (C=O) groups is 2. The number of anilines is 1. The lowest BCUT2D eigenvalue weighted by molar-refractivity contribution is -0.119. The standard InChI is InChI=1S/C24H24N2O5S2/c1-2-31-24(28)17-7-10-19(11-8-17)25-23(27)22-14-20(32)15-26(22)33(29,30)21-12-9-16-5-3-4-6-18(16)13-21/h3-13,20,22,32H,2,14-15H2,1H3,(H,25,27). The van der Waals surface area contributed by atoms with Crippen LogP contribution in [0, 0.1) is 0 Å². The van der Waals surface area contributed by atoms with Crippen molar-refractivity contribution in [2.24, 2.45) is 0 Å². The predicted molar refractivity (Wildman–Crippen MR) is 130 cm³/mol. The number of hydrogen-bond acceptors (Lipinski definition) is 6. The van der Waals surface area contributed by atoms with Crippen LogP contribution in [0.3, 0.4) is 0 Å². The van der Waals surface area contributed by atoms with Crippen LogP contribution in [-0.4, -0.2) is 49.0 Å². The number of nitrogens with one attached hydrogen (secondary N) is 1. The SMILES string of the molecule is CCOC(=O)c1ccc(NC(=O)C2CC(S)CN2S(=O)(=O)c2ccc3ccccc3c2)cc1. The predicted octanol–water partition coefficient (Wildman–Crippen LogP) is 3.72. The molecule has 0 saturated carbocycles. The van der Waals surface area contributed by atoms with Crippen LogP contribution in [0.1, 0.15) is 23.7 Å². The third-order valence-corrected chi connectivity index (χ3v) is 7.77. The summed E-state index contributed by atoms with van der Waals surface area (Å²) >= 11 is 4.45. The largest absolute Gasteiger partial charge is 0.462 e. The Kier molecular flexibility index (Phi) is 6.73. The van der Waals surface area contributed by atoms with Gasteiger partial charge in [0.15, 0.2) is 0 Å². The molecular weight excluding hydrogens is 460 g/mol. The van der Waals surface area contributed by atoms with Gasteiger partial charge in [0.25, 0.3) is 0 Å². The molecule has 0 aromatic heterocycles. The van der Waals surface area contributed by atoms with E-state index >= 15 is 0 Å². The molecular formula is C24H24N2O5S2. The maximum Gasteiger partial charge on any atom is 0.338 e. The van der Waals surface area contributed by atoms with Crippen LogP contribution in [0.25, 0.3) is 10.8 Å². The average Bonchev–Trinajstić information content (AvgIpc) is 3.22. The fraction of sp³-hybridized carbons (Fsp3) is 0.250. The molecule has 0 bridgehead atoms. The van der Waals surface area contributed by atoms with E-state index in [1.807, 2.05) is 24.3 Å². The lowest BCUT2D eigenvalue weighted by Gasteiger charge is -2.23. The zero-order valence-corrected chi connectivity index (χ0v) is 19.7. The molecule has 0 aliphatic carbocycles. The minimum atomic E-state index is -3.91. The van der Waals surface area contributed by atoms with Gasteiger partial charge in [-0.15, -0.1) is 0 Å². The highest BCUT2D eigenvalue weighted by atomic mass is 32.2. The topological polar surface area (TPSA) is 92.8 Å². The molecule has 1 saturated heterocycles. The van der Waals surface area contributed by atoms with Crippen molar-refractivity contribution < 1.29 is 22.7 Å². The average molecular weight is 485 g/mol. The molecule has 1 N–H and O–H groups in total. The van der Waals surface area contributed by atoms with E-state index in [1.54, 1.807) is 49.4 Å². The third-order valence-electron chi connectivity index (χ3n) is 5.53. The first-order chi connectivity index (χ1) is 15.8. The first-order valence-electron chi connectivity index (χ1n) is 10.6. The Morgan fingerprint density at radius 1 is 1.06 bits per heavy atom. The summed E-state index contributed by atoms with van der Waals surface area (Å²) in [5, 5.41) is 4.24. The van der Waals surface area contributed by atoms with Gasteiger partial charge in [-0.3, -0.25) is 4.79 Å². The van der Waals surface area contributed by atoms with E-state index in [-0.39, 0.29) is 23.3 Å². The van der Waals surface area contributed by atoms with Crippen molar-refractivity contribution in [3.8, 4) is 0 Å². The van der Waals surface area contributed by atoms with Crippen LogP contribution in [0.15, 0.2) is 71.6 Å². The number of sulfonamides is 1. The Morgan fingerprint density at radius 2 is 1.76 bits per heavy atom. The molecule has 1 heterocycles. The van der Waals surface area contributed by atoms with Crippen molar-refractivity contribution in [3.05, 3.63) is 72.3 Å². The smallest absolute Gasteiger partial charge is 0.338 e. The second kappa shape index (κ2) is 9.54. The fourth-order valence-electron chi connectivity index (χ4n) is 3.88. The van der Waals surface area contributed by atoms with Gasteiger partial charge < -0.3 is 10.1 Å². The van der Waals surface area contributed by atoms with Crippen LogP contribution in [0.5, 0.6) is 0 Å². The molecule has 33 heavy (non-hydrogen) atoms. The summed E-state index contributed by atoms with van der Waals surface area (Å²) in [5.41, 5.74) is 0.824. The molecule has 3 aromatic rings. The van der Waals surface area contributed by atoms with Gasteiger partial charge in [0.05, 0.1) is 17.1 Å². The minimum Gasteiger partial charge on any atom is -0.462 e. The van der Waals surface area contributed by atoms with Crippen molar-refractivity contribution in [1.82, 2.24) is 4.31 Å². The summed E-state index contributed by atoms with van der Waals surface area (Å²) in [5.74, 6) is -0.892. The summed E-state index contributed by atoms with van der Waals surface area (Å²) in [6.45, 7) is 2.13. The quantitative estimate of drug-likeness (QED) is 0.411. The number of fused-ring (bicyclic) bond motifs is 1. The van der Waals surface area contributed by atoms with E-state index in [9.17, 15) is 18.0 Å². The van der Waals surface area contributed by atoms with Gasteiger partial charge in [-0.05, 0) is 60.5 Å². The zero-order chi connectivity index (χ0) is 23.6. The fourth-order valence-corrected chi connectivity index (χ4v) is 6.05.